The molecule has 2 aliphatic heterocycles. The molecule has 158 valence electrons. The quantitative estimate of drug-likeness (QED) is 0.729. The topological polar surface area (TPSA) is 91.2 Å². The Hall–Kier alpha value is -1.77. The van der Waals surface area contributed by atoms with Crippen LogP contribution in [0.25, 0.3) is 0 Å². The van der Waals surface area contributed by atoms with Gasteiger partial charge >= 0.3 is 0 Å². The van der Waals surface area contributed by atoms with Gasteiger partial charge in [-0.2, -0.15) is 0 Å². The number of fused-ring (bicyclic) bond motifs is 2. The monoisotopic (exact) mass is 445 g/mol. The fourth-order valence-corrected chi connectivity index (χ4v) is 6.79. The minimum atomic E-state index is -1.02. The molecule has 2 unspecified atom stereocenters. The van der Waals surface area contributed by atoms with Crippen molar-refractivity contribution in [2.45, 2.75) is 42.0 Å². The van der Waals surface area contributed by atoms with Crippen molar-refractivity contribution in [1.82, 2.24) is 15.0 Å². The van der Waals surface area contributed by atoms with Crippen LogP contribution in [0.15, 0.2) is 23.4 Å². The summed E-state index contributed by atoms with van der Waals surface area (Å²) in [4.78, 5) is 16.9. The summed E-state index contributed by atoms with van der Waals surface area (Å²) in [5.41, 5.74) is 1.57. The van der Waals surface area contributed by atoms with Crippen LogP contribution in [0.1, 0.15) is 36.7 Å². The van der Waals surface area contributed by atoms with E-state index in [2.05, 4.69) is 26.3 Å². The highest BCUT2D eigenvalue weighted by Gasteiger charge is 2.58. The summed E-state index contributed by atoms with van der Waals surface area (Å²) >= 11 is 5.92. The highest BCUT2D eigenvalue weighted by molar-refractivity contribution is 7.85. The Balaban J connectivity index is 1.25. The Morgan fingerprint density at radius 2 is 2.00 bits per heavy atom. The molecule has 3 atom stereocenters. The summed E-state index contributed by atoms with van der Waals surface area (Å²) in [7, 11) is -1.02. The molecule has 3 fully saturated rings. The lowest BCUT2D eigenvalue weighted by Crippen LogP contribution is -2.48. The molecule has 2 aromatic heterocycles. The first-order valence-corrected chi connectivity index (χ1v) is 12.3. The highest BCUT2D eigenvalue weighted by Crippen LogP contribution is 2.58. The van der Waals surface area contributed by atoms with Gasteiger partial charge in [-0.25, -0.2) is 15.0 Å². The largest absolute Gasteiger partial charge is 0.394 e. The molecule has 2 aromatic rings. The zero-order valence-electron chi connectivity index (χ0n) is 16.6. The van der Waals surface area contributed by atoms with Gasteiger partial charge in [0.25, 0.3) is 0 Å². The fourth-order valence-electron chi connectivity index (χ4n) is 5.34. The van der Waals surface area contributed by atoms with Crippen LogP contribution in [0.4, 0.5) is 11.5 Å². The zero-order valence-corrected chi connectivity index (χ0v) is 18.1. The second-order valence-corrected chi connectivity index (χ2v) is 11.0. The van der Waals surface area contributed by atoms with Crippen LogP contribution in [-0.4, -0.2) is 55.3 Å². The van der Waals surface area contributed by atoms with Gasteiger partial charge in [-0.1, -0.05) is 11.6 Å². The third kappa shape index (κ3) is 2.95. The SMILES string of the molecule is O=[S@@]1CCc2nc(N3CC4C(C3)C4c3ncc(Cl)cn3)cc(NC3(CO)CCC3)c21. The number of halogens is 1. The average molecular weight is 446 g/mol. The zero-order chi connectivity index (χ0) is 20.5. The number of anilines is 2. The summed E-state index contributed by atoms with van der Waals surface area (Å²) in [6.45, 7) is 1.96. The molecule has 2 saturated carbocycles. The number of hydrogen-bond acceptors (Lipinski definition) is 7. The van der Waals surface area contributed by atoms with Gasteiger partial charge < -0.3 is 15.3 Å². The summed E-state index contributed by atoms with van der Waals surface area (Å²) in [6, 6.07) is 2.05. The van der Waals surface area contributed by atoms with E-state index in [-0.39, 0.29) is 12.1 Å². The highest BCUT2D eigenvalue weighted by atomic mass is 35.5. The van der Waals surface area contributed by atoms with Gasteiger partial charge in [0.15, 0.2) is 0 Å². The van der Waals surface area contributed by atoms with E-state index >= 15 is 0 Å². The number of rotatable bonds is 5. The van der Waals surface area contributed by atoms with Crippen LogP contribution in [-0.2, 0) is 17.2 Å². The number of aromatic nitrogens is 3. The molecular weight excluding hydrogens is 422 g/mol. The van der Waals surface area contributed by atoms with Crippen LogP contribution < -0.4 is 10.2 Å². The van der Waals surface area contributed by atoms with Gasteiger partial charge in [-0.05, 0) is 31.1 Å². The van der Waals surface area contributed by atoms with Crippen molar-refractivity contribution in [3.63, 3.8) is 0 Å². The lowest BCUT2D eigenvalue weighted by atomic mass is 9.77. The van der Waals surface area contributed by atoms with Crippen molar-refractivity contribution in [2.75, 3.05) is 35.7 Å². The van der Waals surface area contributed by atoms with Gasteiger partial charge in [0.05, 0.1) is 44.2 Å². The second-order valence-electron chi connectivity index (χ2n) is 9.04. The maximum Gasteiger partial charge on any atom is 0.132 e. The standard InChI is InChI=1S/C21H24ClN5O2S/c22-12-7-23-20(24-8-12)18-13-9-27(10-14(13)18)17-6-16(26-21(11-28)3-1-4-21)19-15(25-17)2-5-30(19)29/h6-8,13-14,18,28H,1-5,9-11H2,(H,25,26)/t13?,14?,18?,30-/m1/s1. The minimum absolute atomic E-state index is 0.0999. The lowest BCUT2D eigenvalue weighted by molar-refractivity contribution is 0.144. The van der Waals surface area contributed by atoms with E-state index in [0.717, 1.165) is 66.7 Å². The minimum Gasteiger partial charge on any atom is -0.394 e. The van der Waals surface area contributed by atoms with Crippen molar-refractivity contribution in [3.05, 3.63) is 35.0 Å². The fraction of sp³-hybridized carbons (Fsp3) is 0.571. The van der Waals surface area contributed by atoms with Crippen LogP contribution in [0.3, 0.4) is 0 Å². The Bertz CT molecular complexity index is 1010. The molecule has 0 aromatic carbocycles. The van der Waals surface area contributed by atoms with E-state index < -0.39 is 10.8 Å². The lowest BCUT2D eigenvalue weighted by Gasteiger charge is -2.42. The van der Waals surface area contributed by atoms with Gasteiger partial charge in [0, 0.05) is 49.6 Å². The molecule has 9 heteroatoms. The molecule has 6 rings (SSSR count). The first-order valence-electron chi connectivity index (χ1n) is 10.6. The Labute approximate surface area is 182 Å². The Kier molecular flexibility index (Phi) is 4.34. The normalized spacial score (nSPS) is 30.5. The molecule has 2 N–H and O–H groups in total. The smallest absolute Gasteiger partial charge is 0.132 e. The van der Waals surface area contributed by atoms with Gasteiger partial charge in [0.1, 0.15) is 11.6 Å². The summed E-state index contributed by atoms with van der Waals surface area (Å²) in [5.74, 6) is 3.97. The van der Waals surface area contributed by atoms with Crippen LogP contribution in [0.5, 0.6) is 0 Å². The molecule has 0 amide bonds. The number of hydrogen-bond donors (Lipinski definition) is 2. The number of nitrogens with one attached hydrogen (secondary N) is 1. The van der Waals surface area contributed by atoms with Crippen LogP contribution in [0, 0.1) is 11.8 Å². The van der Waals surface area contributed by atoms with Crippen molar-refractivity contribution >= 4 is 33.9 Å². The molecule has 4 heterocycles. The number of aliphatic hydroxyl groups excluding tert-OH is 1. The first-order chi connectivity index (χ1) is 14.6. The van der Waals surface area contributed by atoms with Gasteiger partial charge in [-0.15, -0.1) is 0 Å². The predicted molar refractivity (Wildman–Crippen MR) is 115 cm³/mol. The summed E-state index contributed by atoms with van der Waals surface area (Å²) in [5, 5.41) is 14.0. The van der Waals surface area contributed by atoms with Gasteiger partial charge in [0.2, 0.25) is 0 Å². The molecule has 7 nitrogen and oxygen atoms in total. The second kappa shape index (κ2) is 6.87. The molecule has 0 radical (unpaired) electrons. The Morgan fingerprint density at radius 1 is 1.27 bits per heavy atom. The van der Waals surface area contributed by atoms with E-state index in [1.807, 2.05) is 0 Å². The molecule has 0 bridgehead atoms. The molecular formula is C21H24ClN5O2S. The van der Waals surface area contributed by atoms with Crippen molar-refractivity contribution in [1.29, 1.82) is 0 Å². The van der Waals surface area contributed by atoms with E-state index in [9.17, 15) is 9.32 Å². The van der Waals surface area contributed by atoms with Crippen molar-refractivity contribution in [2.24, 2.45) is 11.8 Å². The van der Waals surface area contributed by atoms with Gasteiger partial charge in [-0.3, -0.25) is 4.21 Å². The molecule has 30 heavy (non-hydrogen) atoms. The molecule has 0 spiro atoms. The Morgan fingerprint density at radius 3 is 2.63 bits per heavy atom. The van der Waals surface area contributed by atoms with E-state index in [4.69, 9.17) is 16.6 Å². The summed E-state index contributed by atoms with van der Waals surface area (Å²) < 4.78 is 12.6. The number of piperidine rings is 1. The van der Waals surface area contributed by atoms with E-state index in [1.165, 1.54) is 0 Å². The predicted octanol–water partition coefficient (Wildman–Crippen LogP) is 2.37. The third-order valence-corrected chi connectivity index (χ3v) is 8.93. The maximum atomic E-state index is 12.6. The van der Waals surface area contributed by atoms with Crippen molar-refractivity contribution < 1.29 is 9.32 Å². The number of aliphatic hydroxyl groups is 1. The van der Waals surface area contributed by atoms with E-state index in [0.29, 0.717) is 28.5 Å². The molecule has 4 aliphatic rings. The molecule has 1 saturated heterocycles. The molecule has 2 aliphatic carbocycles. The first kappa shape index (κ1) is 19.0. The van der Waals surface area contributed by atoms with Crippen molar-refractivity contribution in [3.8, 4) is 0 Å². The summed E-state index contributed by atoms with van der Waals surface area (Å²) in [6.07, 6.45) is 7.10. The number of nitrogens with zero attached hydrogens (tertiary/aromatic N) is 4. The van der Waals surface area contributed by atoms with Crippen LogP contribution >= 0.6 is 11.6 Å². The third-order valence-electron chi connectivity index (χ3n) is 7.25. The van der Waals surface area contributed by atoms with E-state index in [1.54, 1.807) is 12.4 Å². The number of aryl methyl sites for hydroxylation is 1. The maximum absolute atomic E-state index is 12.6. The number of pyridine rings is 1. The van der Waals surface area contributed by atoms with Crippen LogP contribution in [0.2, 0.25) is 5.02 Å². The average Bonchev–Trinajstić information content (AvgIpc) is 3.04.